The molecule has 5 heteroatoms. The third-order valence-corrected chi connectivity index (χ3v) is 4.36. The third kappa shape index (κ3) is 3.48. The van der Waals surface area contributed by atoms with Gasteiger partial charge in [0.1, 0.15) is 0 Å². The van der Waals surface area contributed by atoms with E-state index in [1.165, 1.54) is 0 Å². The number of imidazole rings is 1. The molecule has 5 nitrogen and oxygen atoms in total. The Morgan fingerprint density at radius 1 is 1.27 bits per heavy atom. The zero-order valence-electron chi connectivity index (χ0n) is 13.0. The lowest BCUT2D eigenvalue weighted by atomic mass is 10.0. The number of hydrogen-bond donors (Lipinski definition) is 2. The minimum atomic E-state index is -0.436. The second-order valence-electron chi connectivity index (χ2n) is 5.93. The fourth-order valence-electron chi connectivity index (χ4n) is 3.02. The van der Waals surface area contributed by atoms with E-state index in [-0.39, 0.29) is 0 Å². The van der Waals surface area contributed by atoms with Gasteiger partial charge in [0.25, 0.3) is 0 Å². The summed E-state index contributed by atoms with van der Waals surface area (Å²) < 4.78 is 2.06. The topological polar surface area (TPSA) is 53.3 Å². The number of aromatic nitrogens is 2. The minimum Gasteiger partial charge on any atom is -0.387 e. The summed E-state index contributed by atoms with van der Waals surface area (Å²) in [4.78, 5) is 6.73. The van der Waals surface area contributed by atoms with Gasteiger partial charge >= 0.3 is 0 Å². The van der Waals surface area contributed by atoms with Crippen LogP contribution in [0.1, 0.15) is 24.5 Å². The zero-order valence-corrected chi connectivity index (χ0v) is 13.0. The highest BCUT2D eigenvalue weighted by Gasteiger charge is 2.21. The molecule has 1 aliphatic rings. The monoisotopic (exact) mass is 300 g/mol. The summed E-state index contributed by atoms with van der Waals surface area (Å²) in [5.74, 6) is 1.04. The highest BCUT2D eigenvalue weighted by atomic mass is 16.3. The molecule has 1 aromatic carbocycles. The van der Waals surface area contributed by atoms with Crippen LogP contribution in [0.25, 0.3) is 0 Å². The Bertz CT molecular complexity index is 575. The first-order valence-electron chi connectivity index (χ1n) is 7.92. The van der Waals surface area contributed by atoms with Crippen LogP contribution >= 0.6 is 0 Å². The summed E-state index contributed by atoms with van der Waals surface area (Å²) in [6.45, 7) is 2.62. The summed E-state index contributed by atoms with van der Waals surface area (Å²) in [5, 5.41) is 13.7. The molecule has 2 heterocycles. The molecule has 1 aromatic heterocycles. The Balaban J connectivity index is 1.45. The maximum atomic E-state index is 10.2. The number of nitrogens with zero attached hydrogens (tertiary/aromatic N) is 3. The van der Waals surface area contributed by atoms with Crippen LogP contribution in [-0.2, 0) is 7.05 Å². The fraction of sp³-hybridized carbons (Fsp3) is 0.471. The van der Waals surface area contributed by atoms with Crippen LogP contribution in [-0.4, -0.2) is 40.3 Å². The van der Waals surface area contributed by atoms with Gasteiger partial charge in [0, 0.05) is 45.1 Å². The summed E-state index contributed by atoms with van der Waals surface area (Å²) >= 11 is 0. The second kappa shape index (κ2) is 6.94. The van der Waals surface area contributed by atoms with Crippen LogP contribution in [0, 0.1) is 0 Å². The predicted octanol–water partition coefficient (Wildman–Crippen LogP) is 1.71. The molecule has 0 radical (unpaired) electrons. The molecular formula is C17H24N4O. The van der Waals surface area contributed by atoms with Crippen LogP contribution in [0.2, 0.25) is 0 Å². The van der Waals surface area contributed by atoms with Gasteiger partial charge in [0.05, 0.1) is 6.10 Å². The second-order valence-corrected chi connectivity index (χ2v) is 5.93. The van der Waals surface area contributed by atoms with Crippen LogP contribution < -0.4 is 10.2 Å². The Hall–Kier alpha value is -1.85. The number of nitrogens with one attached hydrogen (secondary N) is 1. The number of anilines is 1. The number of benzene rings is 1. The van der Waals surface area contributed by atoms with Crippen LogP contribution in [0.4, 0.5) is 5.95 Å². The van der Waals surface area contributed by atoms with Gasteiger partial charge in [-0.05, 0) is 18.4 Å². The molecular weight excluding hydrogens is 276 g/mol. The molecule has 22 heavy (non-hydrogen) atoms. The van der Waals surface area contributed by atoms with Gasteiger partial charge in [-0.2, -0.15) is 0 Å². The Labute approximate surface area is 131 Å². The fourth-order valence-corrected chi connectivity index (χ4v) is 3.02. The third-order valence-electron chi connectivity index (χ3n) is 4.36. The van der Waals surface area contributed by atoms with Crippen molar-refractivity contribution in [1.29, 1.82) is 0 Å². The molecule has 2 N–H and O–H groups in total. The summed E-state index contributed by atoms with van der Waals surface area (Å²) in [6, 6.07) is 10.3. The van der Waals surface area contributed by atoms with Crippen molar-refractivity contribution in [2.45, 2.75) is 25.0 Å². The highest BCUT2D eigenvalue weighted by molar-refractivity contribution is 5.31. The molecule has 0 bridgehead atoms. The van der Waals surface area contributed by atoms with Gasteiger partial charge < -0.3 is 19.9 Å². The van der Waals surface area contributed by atoms with Crippen molar-refractivity contribution < 1.29 is 5.11 Å². The number of aliphatic hydroxyl groups is 1. The Morgan fingerprint density at radius 2 is 2.00 bits per heavy atom. The van der Waals surface area contributed by atoms with Crippen LogP contribution in [0.5, 0.6) is 0 Å². The molecule has 0 spiro atoms. The van der Waals surface area contributed by atoms with Crippen molar-refractivity contribution in [3.63, 3.8) is 0 Å². The lowest BCUT2D eigenvalue weighted by Crippen LogP contribution is -2.44. The Morgan fingerprint density at radius 3 is 2.64 bits per heavy atom. The average Bonchev–Trinajstić information content (AvgIpc) is 3.00. The molecule has 1 saturated heterocycles. The molecule has 0 amide bonds. The highest BCUT2D eigenvalue weighted by Crippen LogP contribution is 2.18. The minimum absolute atomic E-state index is 0.436. The average molecular weight is 300 g/mol. The Kier molecular flexibility index (Phi) is 4.75. The standard InChI is InChI=1S/C17H24N4O/c1-20-12-9-18-17(20)21-10-7-15(8-11-21)19-13-16(22)14-5-3-2-4-6-14/h2-6,9,12,15-16,19,22H,7-8,10-11,13H2,1H3/t16-/m1/s1. The van der Waals surface area contributed by atoms with Gasteiger partial charge in [-0.1, -0.05) is 30.3 Å². The zero-order chi connectivity index (χ0) is 15.4. The van der Waals surface area contributed by atoms with Gasteiger partial charge in [0.15, 0.2) is 0 Å². The first kappa shape index (κ1) is 15.1. The van der Waals surface area contributed by atoms with Crippen molar-refractivity contribution in [1.82, 2.24) is 14.9 Å². The molecule has 0 unspecified atom stereocenters. The number of hydrogen-bond acceptors (Lipinski definition) is 4. The first-order chi connectivity index (χ1) is 10.7. The molecule has 3 rings (SSSR count). The molecule has 118 valence electrons. The molecule has 1 fully saturated rings. The van der Waals surface area contributed by atoms with E-state index >= 15 is 0 Å². The van der Waals surface area contributed by atoms with Crippen molar-refractivity contribution >= 4 is 5.95 Å². The SMILES string of the molecule is Cn1ccnc1N1CCC(NC[C@@H](O)c2ccccc2)CC1. The number of piperidine rings is 1. The van der Waals surface area contributed by atoms with E-state index < -0.39 is 6.10 Å². The summed E-state index contributed by atoms with van der Waals surface area (Å²) in [6.07, 6.45) is 5.54. The molecule has 1 aliphatic heterocycles. The van der Waals surface area contributed by atoms with Crippen molar-refractivity contribution in [3.05, 3.63) is 48.3 Å². The predicted molar refractivity (Wildman–Crippen MR) is 87.8 cm³/mol. The normalized spacial score (nSPS) is 17.6. The maximum Gasteiger partial charge on any atom is 0.205 e. The number of aryl methyl sites for hydroxylation is 1. The van der Waals surface area contributed by atoms with Crippen molar-refractivity contribution in [2.75, 3.05) is 24.5 Å². The number of aliphatic hydroxyl groups excluding tert-OH is 1. The molecule has 1 atom stereocenters. The summed E-state index contributed by atoms with van der Waals surface area (Å²) in [5.41, 5.74) is 0.973. The van der Waals surface area contributed by atoms with E-state index in [0.717, 1.165) is 37.4 Å². The largest absolute Gasteiger partial charge is 0.387 e. The van der Waals surface area contributed by atoms with E-state index in [2.05, 4.69) is 19.8 Å². The van der Waals surface area contributed by atoms with Crippen molar-refractivity contribution in [2.24, 2.45) is 7.05 Å². The van der Waals surface area contributed by atoms with Gasteiger partial charge in [-0.25, -0.2) is 4.98 Å². The number of rotatable bonds is 5. The van der Waals surface area contributed by atoms with Crippen LogP contribution in [0.15, 0.2) is 42.7 Å². The first-order valence-corrected chi connectivity index (χ1v) is 7.92. The van der Waals surface area contributed by atoms with E-state index in [4.69, 9.17) is 0 Å². The van der Waals surface area contributed by atoms with E-state index in [1.807, 2.05) is 49.8 Å². The lowest BCUT2D eigenvalue weighted by molar-refractivity contribution is 0.167. The van der Waals surface area contributed by atoms with Gasteiger partial charge in [0.2, 0.25) is 5.95 Å². The quantitative estimate of drug-likeness (QED) is 0.883. The van der Waals surface area contributed by atoms with Gasteiger partial charge in [-0.3, -0.25) is 0 Å². The van der Waals surface area contributed by atoms with E-state index in [0.29, 0.717) is 12.6 Å². The molecule has 0 aliphatic carbocycles. The smallest absolute Gasteiger partial charge is 0.205 e. The van der Waals surface area contributed by atoms with E-state index in [9.17, 15) is 5.11 Å². The van der Waals surface area contributed by atoms with Crippen molar-refractivity contribution in [3.8, 4) is 0 Å². The maximum absolute atomic E-state index is 10.2. The van der Waals surface area contributed by atoms with E-state index in [1.54, 1.807) is 0 Å². The van der Waals surface area contributed by atoms with Crippen LogP contribution in [0.3, 0.4) is 0 Å². The molecule has 2 aromatic rings. The van der Waals surface area contributed by atoms with Gasteiger partial charge in [-0.15, -0.1) is 0 Å². The summed E-state index contributed by atoms with van der Waals surface area (Å²) in [7, 11) is 2.03. The lowest BCUT2D eigenvalue weighted by Gasteiger charge is -2.33. The molecule has 0 saturated carbocycles.